The van der Waals surface area contributed by atoms with Crippen LogP contribution in [0.25, 0.3) is 0 Å². The van der Waals surface area contributed by atoms with Crippen LogP contribution in [0.4, 0.5) is 4.39 Å². The van der Waals surface area contributed by atoms with Crippen LogP contribution in [0.3, 0.4) is 0 Å². The summed E-state index contributed by atoms with van der Waals surface area (Å²) < 4.78 is 18.5. The standard InChI is InChI=1S/C19H29FN2O2/c1-24-19-12-14(6-7-16(19)20)13-21-15-8-10-22(11-9-15)17-4-2-3-5-18(17)23/h6-7,12,15,17-18,21,23H,2-5,8-11,13H2,1H3. The highest BCUT2D eigenvalue weighted by Gasteiger charge is 2.31. The lowest BCUT2D eigenvalue weighted by Crippen LogP contribution is -2.51. The van der Waals surface area contributed by atoms with Crippen molar-refractivity contribution in [2.45, 2.75) is 63.3 Å². The van der Waals surface area contributed by atoms with Gasteiger partial charge in [0.05, 0.1) is 13.2 Å². The lowest BCUT2D eigenvalue weighted by atomic mass is 9.89. The van der Waals surface area contributed by atoms with Crippen molar-refractivity contribution in [1.29, 1.82) is 0 Å². The number of likely N-dealkylation sites (tertiary alicyclic amines) is 1. The van der Waals surface area contributed by atoms with Gasteiger partial charge >= 0.3 is 0 Å². The molecule has 2 fully saturated rings. The summed E-state index contributed by atoms with van der Waals surface area (Å²) in [6, 6.07) is 5.87. The van der Waals surface area contributed by atoms with Gasteiger partial charge in [-0.05, 0) is 43.4 Å². The number of hydrogen-bond acceptors (Lipinski definition) is 4. The van der Waals surface area contributed by atoms with Gasteiger partial charge < -0.3 is 15.2 Å². The van der Waals surface area contributed by atoms with Gasteiger partial charge in [-0.3, -0.25) is 4.90 Å². The zero-order chi connectivity index (χ0) is 16.9. The number of halogens is 1. The highest BCUT2D eigenvalue weighted by Crippen LogP contribution is 2.26. The quantitative estimate of drug-likeness (QED) is 0.868. The van der Waals surface area contributed by atoms with Crippen LogP contribution in [-0.4, -0.2) is 48.4 Å². The third-order valence-electron chi connectivity index (χ3n) is 5.50. The summed E-state index contributed by atoms with van der Waals surface area (Å²) in [4.78, 5) is 2.48. The van der Waals surface area contributed by atoms with Gasteiger partial charge in [0.1, 0.15) is 0 Å². The monoisotopic (exact) mass is 336 g/mol. The Morgan fingerprint density at radius 1 is 1.21 bits per heavy atom. The Hall–Kier alpha value is -1.17. The van der Waals surface area contributed by atoms with Gasteiger partial charge in [0.15, 0.2) is 11.6 Å². The van der Waals surface area contributed by atoms with E-state index in [0.29, 0.717) is 17.8 Å². The van der Waals surface area contributed by atoms with E-state index < -0.39 is 0 Å². The number of benzene rings is 1. The molecule has 134 valence electrons. The third kappa shape index (κ3) is 4.26. The first-order chi connectivity index (χ1) is 11.7. The molecule has 24 heavy (non-hydrogen) atoms. The average Bonchev–Trinajstić information content (AvgIpc) is 2.62. The van der Waals surface area contributed by atoms with Gasteiger partial charge in [-0.25, -0.2) is 4.39 Å². The molecule has 2 unspecified atom stereocenters. The first-order valence-electron chi connectivity index (χ1n) is 9.15. The Morgan fingerprint density at radius 2 is 1.96 bits per heavy atom. The lowest BCUT2D eigenvalue weighted by Gasteiger charge is -2.41. The second kappa shape index (κ2) is 8.28. The van der Waals surface area contributed by atoms with Crippen LogP contribution in [0.2, 0.25) is 0 Å². The summed E-state index contributed by atoms with van der Waals surface area (Å²) in [5.41, 5.74) is 1.04. The maximum atomic E-state index is 13.4. The SMILES string of the molecule is COc1cc(CNC2CCN(C3CCCCC3O)CC2)ccc1F. The van der Waals surface area contributed by atoms with Crippen molar-refractivity contribution in [3.63, 3.8) is 0 Å². The first-order valence-corrected chi connectivity index (χ1v) is 9.15. The van der Waals surface area contributed by atoms with Gasteiger partial charge in [-0.2, -0.15) is 0 Å². The van der Waals surface area contributed by atoms with E-state index >= 15 is 0 Å². The molecule has 1 saturated heterocycles. The molecule has 2 atom stereocenters. The molecule has 2 N–H and O–H groups in total. The molecule has 1 heterocycles. The molecule has 1 aliphatic carbocycles. The summed E-state index contributed by atoms with van der Waals surface area (Å²) in [6.45, 7) is 2.83. The molecule has 0 spiro atoms. The molecule has 0 aromatic heterocycles. The van der Waals surface area contributed by atoms with Crippen molar-refractivity contribution in [2.24, 2.45) is 0 Å². The van der Waals surface area contributed by atoms with Crippen molar-refractivity contribution < 1.29 is 14.2 Å². The maximum absolute atomic E-state index is 13.4. The summed E-state index contributed by atoms with van der Waals surface area (Å²) in [5.74, 6) is -0.0176. The molecule has 1 aromatic rings. The minimum atomic E-state index is -0.319. The molecular formula is C19H29FN2O2. The van der Waals surface area contributed by atoms with E-state index in [1.165, 1.54) is 19.6 Å². The molecule has 2 aliphatic rings. The molecular weight excluding hydrogens is 307 g/mol. The topological polar surface area (TPSA) is 44.7 Å². The Bertz CT molecular complexity index is 532. The average molecular weight is 336 g/mol. The highest BCUT2D eigenvalue weighted by atomic mass is 19.1. The van der Waals surface area contributed by atoms with Crippen molar-refractivity contribution in [3.8, 4) is 5.75 Å². The number of rotatable bonds is 5. The maximum Gasteiger partial charge on any atom is 0.165 e. The molecule has 1 aliphatic heterocycles. The summed E-state index contributed by atoms with van der Waals surface area (Å²) in [7, 11) is 1.49. The van der Waals surface area contributed by atoms with Crippen LogP contribution < -0.4 is 10.1 Å². The van der Waals surface area contributed by atoms with E-state index in [4.69, 9.17) is 4.74 Å². The van der Waals surface area contributed by atoms with E-state index in [-0.39, 0.29) is 11.9 Å². The van der Waals surface area contributed by atoms with E-state index in [2.05, 4.69) is 10.2 Å². The Morgan fingerprint density at radius 3 is 2.67 bits per heavy atom. The van der Waals surface area contributed by atoms with Crippen molar-refractivity contribution in [2.75, 3.05) is 20.2 Å². The van der Waals surface area contributed by atoms with E-state index in [1.807, 2.05) is 0 Å². The second-order valence-corrected chi connectivity index (χ2v) is 7.08. The van der Waals surface area contributed by atoms with Gasteiger partial charge in [0.2, 0.25) is 0 Å². The fourth-order valence-corrected chi connectivity index (χ4v) is 4.03. The molecule has 3 rings (SSSR count). The second-order valence-electron chi connectivity index (χ2n) is 7.08. The molecule has 0 bridgehead atoms. The molecule has 1 aromatic carbocycles. The zero-order valence-corrected chi connectivity index (χ0v) is 14.5. The molecule has 0 amide bonds. The summed E-state index contributed by atoms with van der Waals surface area (Å²) in [6.07, 6.45) is 6.55. The zero-order valence-electron chi connectivity index (χ0n) is 14.5. The minimum absolute atomic E-state index is 0.144. The third-order valence-corrected chi connectivity index (χ3v) is 5.50. The van der Waals surface area contributed by atoms with Crippen LogP contribution in [0, 0.1) is 5.82 Å². The van der Waals surface area contributed by atoms with Crippen LogP contribution in [0.5, 0.6) is 5.75 Å². The number of aliphatic hydroxyl groups excluding tert-OH is 1. The number of methoxy groups -OCH3 is 1. The van der Waals surface area contributed by atoms with Crippen LogP contribution in [0.1, 0.15) is 44.1 Å². The normalized spacial score (nSPS) is 26.5. The number of aliphatic hydroxyl groups is 1. The number of hydrogen-bond donors (Lipinski definition) is 2. The van der Waals surface area contributed by atoms with Gasteiger partial charge in [-0.15, -0.1) is 0 Å². The smallest absolute Gasteiger partial charge is 0.165 e. The first kappa shape index (κ1) is 17.6. The van der Waals surface area contributed by atoms with Crippen LogP contribution in [-0.2, 0) is 6.54 Å². The van der Waals surface area contributed by atoms with Gasteiger partial charge in [0.25, 0.3) is 0 Å². The number of nitrogens with one attached hydrogen (secondary N) is 1. The predicted octanol–water partition coefficient (Wildman–Crippen LogP) is 2.69. The predicted molar refractivity (Wildman–Crippen MR) is 92.6 cm³/mol. The fourth-order valence-electron chi connectivity index (χ4n) is 4.03. The highest BCUT2D eigenvalue weighted by molar-refractivity contribution is 5.30. The molecule has 0 radical (unpaired) electrons. The van der Waals surface area contributed by atoms with Crippen LogP contribution >= 0.6 is 0 Å². The van der Waals surface area contributed by atoms with E-state index in [9.17, 15) is 9.50 Å². The van der Waals surface area contributed by atoms with Gasteiger partial charge in [-0.1, -0.05) is 18.9 Å². The number of nitrogens with zero attached hydrogens (tertiary/aromatic N) is 1. The fraction of sp³-hybridized carbons (Fsp3) is 0.684. The van der Waals surface area contributed by atoms with E-state index in [1.54, 1.807) is 12.1 Å². The molecule has 5 heteroatoms. The Kier molecular flexibility index (Phi) is 6.09. The summed E-state index contributed by atoms with van der Waals surface area (Å²) in [5, 5.41) is 13.8. The number of ether oxygens (including phenoxy) is 1. The molecule has 4 nitrogen and oxygen atoms in total. The van der Waals surface area contributed by atoms with Crippen molar-refractivity contribution in [1.82, 2.24) is 10.2 Å². The molecule has 1 saturated carbocycles. The van der Waals surface area contributed by atoms with Crippen LogP contribution in [0.15, 0.2) is 18.2 Å². The lowest BCUT2D eigenvalue weighted by molar-refractivity contribution is 0.00714. The summed E-state index contributed by atoms with van der Waals surface area (Å²) >= 11 is 0. The van der Waals surface area contributed by atoms with Gasteiger partial charge in [0, 0.05) is 31.7 Å². The minimum Gasteiger partial charge on any atom is -0.494 e. The Labute approximate surface area is 144 Å². The Balaban J connectivity index is 1.45. The number of piperidine rings is 1. The van der Waals surface area contributed by atoms with Crippen molar-refractivity contribution >= 4 is 0 Å². The van der Waals surface area contributed by atoms with E-state index in [0.717, 1.165) is 57.3 Å². The largest absolute Gasteiger partial charge is 0.494 e. The van der Waals surface area contributed by atoms with Crippen molar-refractivity contribution in [3.05, 3.63) is 29.6 Å².